The Morgan fingerprint density at radius 1 is 1.00 bits per heavy atom. The van der Waals surface area contributed by atoms with Crippen molar-refractivity contribution in [3.8, 4) is 17.2 Å². The summed E-state index contributed by atoms with van der Waals surface area (Å²) in [4.78, 5) is 37.1. The van der Waals surface area contributed by atoms with Crippen LogP contribution in [-0.2, 0) is 20.9 Å². The second kappa shape index (κ2) is 15.1. The molecule has 0 fully saturated rings. The van der Waals surface area contributed by atoms with Gasteiger partial charge in [0.2, 0.25) is 0 Å². The minimum atomic E-state index is -0.772. The molecule has 1 atom stereocenters. The van der Waals surface area contributed by atoms with E-state index < -0.39 is 23.9 Å². The summed E-state index contributed by atoms with van der Waals surface area (Å²) in [6.07, 6.45) is 1.49. The number of amides is 3. The molecular formula is C31H30Cl2N4O7. The lowest BCUT2D eigenvalue weighted by atomic mass is 9.95. The predicted octanol–water partition coefficient (Wildman–Crippen LogP) is 5.30. The van der Waals surface area contributed by atoms with E-state index in [2.05, 4.69) is 21.2 Å². The second-order valence-electron chi connectivity index (χ2n) is 9.39. The fourth-order valence-corrected chi connectivity index (χ4v) is 4.53. The van der Waals surface area contributed by atoms with E-state index in [4.69, 9.17) is 42.1 Å². The van der Waals surface area contributed by atoms with Crippen LogP contribution in [0.25, 0.3) is 0 Å². The lowest BCUT2D eigenvalue weighted by Gasteiger charge is -2.28. The van der Waals surface area contributed by atoms with Crippen LogP contribution >= 0.6 is 23.2 Å². The van der Waals surface area contributed by atoms with Crippen molar-refractivity contribution >= 4 is 47.3 Å². The van der Waals surface area contributed by atoms with Gasteiger partial charge >= 0.3 is 12.0 Å². The molecule has 230 valence electrons. The van der Waals surface area contributed by atoms with Gasteiger partial charge in [0.15, 0.2) is 18.1 Å². The quantitative estimate of drug-likeness (QED) is 0.139. The molecule has 44 heavy (non-hydrogen) atoms. The molecule has 0 unspecified atom stereocenters. The lowest BCUT2D eigenvalue weighted by Crippen LogP contribution is -2.45. The molecule has 1 heterocycles. The highest BCUT2D eigenvalue weighted by atomic mass is 35.5. The second-order valence-corrected chi connectivity index (χ2v) is 10.2. The minimum absolute atomic E-state index is 0.182. The molecule has 0 saturated heterocycles. The van der Waals surface area contributed by atoms with E-state index in [1.165, 1.54) is 13.3 Å². The summed E-state index contributed by atoms with van der Waals surface area (Å²) in [6.45, 7) is 3.49. The first-order valence-electron chi connectivity index (χ1n) is 13.4. The number of hydrogen-bond donors (Lipinski definition) is 3. The van der Waals surface area contributed by atoms with Crippen LogP contribution < -0.4 is 30.3 Å². The number of hydrazone groups is 1. The maximum absolute atomic E-state index is 12.6. The van der Waals surface area contributed by atoms with Crippen LogP contribution in [-0.4, -0.2) is 44.4 Å². The van der Waals surface area contributed by atoms with E-state index in [1.54, 1.807) is 68.4 Å². The Kier molecular flexibility index (Phi) is 11.1. The highest BCUT2D eigenvalue weighted by Gasteiger charge is 2.32. The van der Waals surface area contributed by atoms with Crippen LogP contribution in [0.2, 0.25) is 10.0 Å². The SMILES string of the molecule is CCOC(=O)C1=C(C)NC(=O)N[C@@H]1c1ccc(OCC(=O)N/N=C\c2ccc(OCc3ccc(Cl)c(Cl)c3)cc2)c(OC)c1. The predicted molar refractivity (Wildman–Crippen MR) is 165 cm³/mol. The molecule has 1 aliphatic rings. The fraction of sp³-hybridized carbons (Fsp3) is 0.226. The van der Waals surface area contributed by atoms with Gasteiger partial charge in [-0.1, -0.05) is 35.3 Å². The van der Waals surface area contributed by atoms with E-state index in [0.717, 1.165) is 11.1 Å². The number of rotatable bonds is 12. The highest BCUT2D eigenvalue weighted by Crippen LogP contribution is 2.34. The molecule has 0 radical (unpaired) electrons. The number of allylic oxidation sites excluding steroid dienone is 1. The molecule has 0 aromatic heterocycles. The zero-order chi connectivity index (χ0) is 31.6. The van der Waals surface area contributed by atoms with Gasteiger partial charge in [-0.15, -0.1) is 0 Å². The number of ether oxygens (including phenoxy) is 4. The van der Waals surface area contributed by atoms with Gasteiger partial charge in [-0.05, 0) is 79.1 Å². The zero-order valence-electron chi connectivity index (χ0n) is 24.1. The van der Waals surface area contributed by atoms with Crippen molar-refractivity contribution < 1.29 is 33.3 Å². The summed E-state index contributed by atoms with van der Waals surface area (Å²) in [7, 11) is 1.44. The molecule has 11 nitrogen and oxygen atoms in total. The summed E-state index contributed by atoms with van der Waals surface area (Å²) < 4.78 is 22.0. The van der Waals surface area contributed by atoms with Gasteiger partial charge in [-0.2, -0.15) is 5.10 Å². The van der Waals surface area contributed by atoms with Crippen molar-refractivity contribution in [1.29, 1.82) is 0 Å². The smallest absolute Gasteiger partial charge is 0.338 e. The van der Waals surface area contributed by atoms with E-state index >= 15 is 0 Å². The largest absolute Gasteiger partial charge is 0.493 e. The third-order valence-corrected chi connectivity index (χ3v) is 7.06. The summed E-state index contributed by atoms with van der Waals surface area (Å²) in [5.41, 5.74) is 5.25. The van der Waals surface area contributed by atoms with E-state index in [-0.39, 0.29) is 24.5 Å². The van der Waals surface area contributed by atoms with Crippen molar-refractivity contribution in [1.82, 2.24) is 16.1 Å². The topological polar surface area (TPSA) is 137 Å². The van der Waals surface area contributed by atoms with Crippen LogP contribution in [0.4, 0.5) is 4.79 Å². The molecule has 0 spiro atoms. The number of methoxy groups -OCH3 is 1. The first-order chi connectivity index (χ1) is 21.2. The minimum Gasteiger partial charge on any atom is -0.493 e. The number of carbonyl (C=O) groups is 3. The van der Waals surface area contributed by atoms with Gasteiger partial charge in [-0.25, -0.2) is 15.0 Å². The number of nitrogens with zero attached hydrogens (tertiary/aromatic N) is 1. The van der Waals surface area contributed by atoms with Gasteiger partial charge in [0, 0.05) is 5.70 Å². The molecule has 3 amide bonds. The molecule has 13 heteroatoms. The average Bonchev–Trinajstić information content (AvgIpc) is 3.00. The van der Waals surface area contributed by atoms with Crippen LogP contribution in [0.1, 0.15) is 36.6 Å². The first-order valence-corrected chi connectivity index (χ1v) is 14.2. The van der Waals surface area contributed by atoms with Crippen molar-refractivity contribution in [2.75, 3.05) is 20.3 Å². The number of benzene rings is 3. The normalized spacial score (nSPS) is 14.5. The van der Waals surface area contributed by atoms with E-state index in [1.807, 2.05) is 6.07 Å². The van der Waals surface area contributed by atoms with Crippen molar-refractivity contribution in [2.24, 2.45) is 5.10 Å². The Bertz CT molecular complexity index is 1590. The number of carbonyl (C=O) groups excluding carboxylic acids is 3. The Balaban J connectivity index is 1.30. The van der Waals surface area contributed by atoms with E-state index in [9.17, 15) is 14.4 Å². The van der Waals surface area contributed by atoms with Crippen molar-refractivity contribution in [3.05, 3.63) is 98.7 Å². The Morgan fingerprint density at radius 2 is 1.77 bits per heavy atom. The molecule has 0 saturated carbocycles. The molecule has 1 aliphatic heterocycles. The van der Waals surface area contributed by atoms with Gasteiger partial charge in [0.1, 0.15) is 12.4 Å². The van der Waals surface area contributed by atoms with Gasteiger partial charge < -0.3 is 29.6 Å². The molecular weight excluding hydrogens is 611 g/mol. The number of nitrogens with one attached hydrogen (secondary N) is 3. The third-order valence-electron chi connectivity index (χ3n) is 6.32. The van der Waals surface area contributed by atoms with Crippen LogP contribution in [0, 0.1) is 0 Å². The summed E-state index contributed by atoms with van der Waals surface area (Å²) >= 11 is 12.0. The molecule has 3 aromatic carbocycles. The van der Waals surface area contributed by atoms with Gasteiger partial charge in [0.25, 0.3) is 5.91 Å². The van der Waals surface area contributed by atoms with Crippen molar-refractivity contribution in [3.63, 3.8) is 0 Å². The molecule has 0 bridgehead atoms. The average molecular weight is 642 g/mol. The Labute approximate surface area is 264 Å². The van der Waals surface area contributed by atoms with Crippen LogP contribution in [0.5, 0.6) is 17.2 Å². The third kappa shape index (κ3) is 8.42. The summed E-state index contributed by atoms with van der Waals surface area (Å²) in [6, 6.07) is 16.1. The molecule has 3 aromatic rings. The number of esters is 1. The Morgan fingerprint density at radius 3 is 2.48 bits per heavy atom. The van der Waals surface area contributed by atoms with Gasteiger partial charge in [-0.3, -0.25) is 4.79 Å². The monoisotopic (exact) mass is 640 g/mol. The van der Waals surface area contributed by atoms with E-state index in [0.29, 0.717) is 39.4 Å². The highest BCUT2D eigenvalue weighted by molar-refractivity contribution is 6.42. The summed E-state index contributed by atoms with van der Waals surface area (Å²) in [5, 5.41) is 10.2. The van der Waals surface area contributed by atoms with Gasteiger partial charge in [0.05, 0.1) is 41.6 Å². The first kappa shape index (κ1) is 32.2. The number of hydrogen-bond acceptors (Lipinski definition) is 8. The molecule has 0 aliphatic carbocycles. The van der Waals surface area contributed by atoms with Crippen LogP contribution in [0.15, 0.2) is 77.0 Å². The summed E-state index contributed by atoms with van der Waals surface area (Å²) in [5.74, 6) is 0.182. The Hall–Kier alpha value is -4.74. The van der Waals surface area contributed by atoms with Crippen molar-refractivity contribution in [2.45, 2.75) is 26.5 Å². The fourth-order valence-electron chi connectivity index (χ4n) is 4.21. The maximum Gasteiger partial charge on any atom is 0.338 e. The number of halogens is 2. The molecule has 3 N–H and O–H groups in total. The zero-order valence-corrected chi connectivity index (χ0v) is 25.6. The number of urea groups is 1. The standard InChI is InChI=1S/C31H30Cl2N4O7/c1-4-42-30(39)28-18(2)35-31(40)36-29(28)21-8-12-25(26(14-21)41-3)44-17-27(38)37-34-15-19-5-9-22(10-6-19)43-16-20-7-11-23(32)24(33)13-20/h5-15,29H,4,16-17H2,1-3H3,(H,37,38)(H2,35,36,40)/b34-15-/t29-/m1/s1. The maximum atomic E-state index is 12.6. The molecule has 4 rings (SSSR count). The lowest BCUT2D eigenvalue weighted by molar-refractivity contribution is -0.139. The van der Waals surface area contributed by atoms with Crippen LogP contribution in [0.3, 0.4) is 0 Å².